The van der Waals surface area contributed by atoms with Crippen molar-refractivity contribution < 1.29 is 9.63 Å². The van der Waals surface area contributed by atoms with Crippen LogP contribution >= 0.6 is 11.3 Å². The van der Waals surface area contributed by atoms with Crippen molar-refractivity contribution in [2.75, 3.05) is 14.2 Å². The van der Waals surface area contributed by atoms with Crippen molar-refractivity contribution in [1.29, 1.82) is 0 Å². The standard InChI is InChI=1S/C17H15N3O2S/c1-20(22-2)17(21)15-14(12-7-4-3-5-8-12)19-16(23-15)13-9-6-10-18-11-13/h3-11H,1-2H3. The highest BCUT2D eigenvalue weighted by Gasteiger charge is 2.23. The fourth-order valence-corrected chi connectivity index (χ4v) is 3.14. The average Bonchev–Trinajstić information content (AvgIpc) is 3.07. The summed E-state index contributed by atoms with van der Waals surface area (Å²) in [7, 11) is 3.05. The predicted octanol–water partition coefficient (Wildman–Crippen LogP) is 3.51. The first-order valence-corrected chi connectivity index (χ1v) is 7.81. The third-order valence-electron chi connectivity index (χ3n) is 3.34. The van der Waals surface area contributed by atoms with Crippen LogP contribution in [0, 0.1) is 0 Å². The molecule has 0 N–H and O–H groups in total. The molecule has 5 nitrogen and oxygen atoms in total. The van der Waals surface area contributed by atoms with Crippen molar-refractivity contribution in [3.05, 3.63) is 59.7 Å². The van der Waals surface area contributed by atoms with Crippen LogP contribution in [0.5, 0.6) is 0 Å². The van der Waals surface area contributed by atoms with Crippen LogP contribution in [0.15, 0.2) is 54.9 Å². The molecule has 0 radical (unpaired) electrons. The lowest BCUT2D eigenvalue weighted by molar-refractivity contribution is -0.0753. The monoisotopic (exact) mass is 325 g/mol. The lowest BCUT2D eigenvalue weighted by Gasteiger charge is -2.12. The van der Waals surface area contributed by atoms with E-state index >= 15 is 0 Å². The van der Waals surface area contributed by atoms with Gasteiger partial charge in [-0.1, -0.05) is 30.3 Å². The summed E-state index contributed by atoms with van der Waals surface area (Å²) in [5.41, 5.74) is 2.43. The molecular formula is C17H15N3O2S. The van der Waals surface area contributed by atoms with E-state index in [9.17, 15) is 4.79 Å². The Kier molecular flexibility index (Phi) is 4.45. The lowest BCUT2D eigenvalue weighted by atomic mass is 10.1. The number of aromatic nitrogens is 2. The minimum atomic E-state index is -0.223. The highest BCUT2D eigenvalue weighted by molar-refractivity contribution is 7.17. The molecule has 0 aliphatic heterocycles. The van der Waals surface area contributed by atoms with E-state index in [1.54, 1.807) is 19.4 Å². The summed E-state index contributed by atoms with van der Waals surface area (Å²) < 4.78 is 0. The largest absolute Gasteiger partial charge is 0.289 e. The Bertz CT molecular complexity index is 803. The Labute approximate surface area is 138 Å². The zero-order chi connectivity index (χ0) is 16.2. The van der Waals surface area contributed by atoms with Crippen molar-refractivity contribution in [2.45, 2.75) is 0 Å². The Morgan fingerprint density at radius 3 is 2.52 bits per heavy atom. The zero-order valence-corrected chi connectivity index (χ0v) is 13.6. The molecule has 0 unspecified atom stereocenters. The molecule has 2 aromatic heterocycles. The predicted molar refractivity (Wildman–Crippen MR) is 89.9 cm³/mol. The van der Waals surface area contributed by atoms with Crippen LogP contribution in [0.1, 0.15) is 9.67 Å². The molecule has 23 heavy (non-hydrogen) atoms. The smallest absolute Gasteiger partial charge is 0.274 e. The van der Waals surface area contributed by atoms with Gasteiger partial charge in [0.1, 0.15) is 9.88 Å². The first kappa shape index (κ1) is 15.3. The van der Waals surface area contributed by atoms with Gasteiger partial charge in [0.05, 0.1) is 12.8 Å². The van der Waals surface area contributed by atoms with Gasteiger partial charge in [0.15, 0.2) is 0 Å². The molecule has 6 heteroatoms. The summed E-state index contributed by atoms with van der Waals surface area (Å²) in [4.78, 5) is 26.9. The quantitative estimate of drug-likeness (QED) is 0.689. The minimum Gasteiger partial charge on any atom is -0.274 e. The van der Waals surface area contributed by atoms with E-state index in [2.05, 4.69) is 9.97 Å². The number of rotatable bonds is 4. The average molecular weight is 325 g/mol. The van der Waals surface area contributed by atoms with Gasteiger partial charge in [0, 0.05) is 30.6 Å². The van der Waals surface area contributed by atoms with E-state index in [1.165, 1.54) is 23.5 Å². The molecule has 0 spiro atoms. The number of pyridine rings is 1. The SMILES string of the molecule is CON(C)C(=O)c1sc(-c2cccnc2)nc1-c1ccccc1. The van der Waals surface area contributed by atoms with Crippen LogP contribution in [-0.2, 0) is 4.84 Å². The number of benzene rings is 1. The van der Waals surface area contributed by atoms with Gasteiger partial charge in [0.25, 0.3) is 5.91 Å². The van der Waals surface area contributed by atoms with E-state index in [1.807, 2.05) is 42.5 Å². The molecule has 1 aromatic carbocycles. The molecule has 0 atom stereocenters. The van der Waals surface area contributed by atoms with Gasteiger partial charge < -0.3 is 0 Å². The summed E-state index contributed by atoms with van der Waals surface area (Å²) in [5, 5.41) is 1.96. The second-order valence-electron chi connectivity index (χ2n) is 4.79. The van der Waals surface area contributed by atoms with Gasteiger partial charge in [-0.25, -0.2) is 10.0 Å². The Hall–Kier alpha value is -2.57. The van der Waals surface area contributed by atoms with Crippen molar-refractivity contribution in [2.24, 2.45) is 0 Å². The van der Waals surface area contributed by atoms with Crippen LogP contribution in [0.4, 0.5) is 0 Å². The van der Waals surface area contributed by atoms with Crippen LogP contribution in [0.25, 0.3) is 21.8 Å². The van der Waals surface area contributed by atoms with Gasteiger partial charge in [-0.05, 0) is 12.1 Å². The third kappa shape index (κ3) is 3.13. The highest BCUT2D eigenvalue weighted by atomic mass is 32.1. The molecule has 0 aliphatic carbocycles. The van der Waals surface area contributed by atoms with Crippen LogP contribution < -0.4 is 0 Å². The van der Waals surface area contributed by atoms with Crippen molar-refractivity contribution in [3.63, 3.8) is 0 Å². The van der Waals surface area contributed by atoms with Gasteiger partial charge >= 0.3 is 0 Å². The fourth-order valence-electron chi connectivity index (χ4n) is 2.10. The summed E-state index contributed by atoms with van der Waals surface area (Å²) in [6.45, 7) is 0. The summed E-state index contributed by atoms with van der Waals surface area (Å²) >= 11 is 1.34. The second kappa shape index (κ2) is 6.68. The molecule has 0 bridgehead atoms. The first-order valence-electron chi connectivity index (χ1n) is 6.99. The van der Waals surface area contributed by atoms with Gasteiger partial charge in [-0.2, -0.15) is 0 Å². The molecular weight excluding hydrogens is 310 g/mol. The summed E-state index contributed by atoms with van der Waals surface area (Å²) in [6, 6.07) is 13.4. The molecule has 3 rings (SSSR count). The van der Waals surface area contributed by atoms with Gasteiger partial charge in [-0.15, -0.1) is 11.3 Å². The van der Waals surface area contributed by atoms with E-state index < -0.39 is 0 Å². The molecule has 0 saturated heterocycles. The minimum absolute atomic E-state index is 0.223. The second-order valence-corrected chi connectivity index (χ2v) is 5.79. The summed E-state index contributed by atoms with van der Waals surface area (Å²) in [5.74, 6) is -0.223. The normalized spacial score (nSPS) is 10.5. The molecule has 0 saturated carbocycles. The number of hydroxylamine groups is 2. The molecule has 0 aliphatic rings. The Morgan fingerprint density at radius 2 is 1.87 bits per heavy atom. The molecule has 2 heterocycles. The maximum Gasteiger partial charge on any atom is 0.289 e. The number of thiazole rings is 1. The molecule has 0 fully saturated rings. The van der Waals surface area contributed by atoms with E-state index in [4.69, 9.17) is 4.84 Å². The Balaban J connectivity index is 2.13. The maximum atomic E-state index is 12.6. The zero-order valence-electron chi connectivity index (χ0n) is 12.8. The van der Waals surface area contributed by atoms with Crippen molar-refractivity contribution in [3.8, 4) is 21.8 Å². The lowest BCUT2D eigenvalue weighted by Crippen LogP contribution is -2.25. The fraction of sp³-hybridized carbons (Fsp3) is 0.118. The van der Waals surface area contributed by atoms with Gasteiger partial charge in [0.2, 0.25) is 0 Å². The first-order chi connectivity index (χ1) is 11.2. The Morgan fingerprint density at radius 1 is 1.13 bits per heavy atom. The molecule has 1 amide bonds. The van der Waals surface area contributed by atoms with Crippen molar-refractivity contribution >= 4 is 17.2 Å². The number of carbonyl (C=O) groups excluding carboxylic acids is 1. The number of carbonyl (C=O) groups is 1. The number of amides is 1. The van der Waals surface area contributed by atoms with E-state index in [0.717, 1.165) is 16.1 Å². The highest BCUT2D eigenvalue weighted by Crippen LogP contribution is 2.34. The molecule has 3 aromatic rings. The number of nitrogens with zero attached hydrogens (tertiary/aromatic N) is 3. The van der Waals surface area contributed by atoms with E-state index in [0.29, 0.717) is 10.6 Å². The van der Waals surface area contributed by atoms with Crippen LogP contribution in [0.2, 0.25) is 0 Å². The maximum absolute atomic E-state index is 12.6. The molecule has 116 valence electrons. The number of hydrogen-bond donors (Lipinski definition) is 0. The third-order valence-corrected chi connectivity index (χ3v) is 4.43. The van der Waals surface area contributed by atoms with Crippen LogP contribution in [0.3, 0.4) is 0 Å². The van der Waals surface area contributed by atoms with E-state index in [-0.39, 0.29) is 5.91 Å². The number of hydrogen-bond acceptors (Lipinski definition) is 5. The van der Waals surface area contributed by atoms with Crippen LogP contribution in [-0.4, -0.2) is 35.1 Å². The van der Waals surface area contributed by atoms with Crippen molar-refractivity contribution in [1.82, 2.24) is 15.0 Å². The topological polar surface area (TPSA) is 55.3 Å². The summed E-state index contributed by atoms with van der Waals surface area (Å²) in [6.07, 6.45) is 3.45. The van der Waals surface area contributed by atoms with Gasteiger partial charge in [-0.3, -0.25) is 14.6 Å².